The van der Waals surface area contributed by atoms with Crippen LogP contribution in [0.2, 0.25) is 0 Å². The molecule has 7 heteroatoms. The van der Waals surface area contributed by atoms with Gasteiger partial charge in [0.25, 0.3) is 0 Å². The average Bonchev–Trinajstić information content (AvgIpc) is 2.66. The van der Waals surface area contributed by atoms with E-state index in [4.69, 9.17) is 4.74 Å². The summed E-state index contributed by atoms with van der Waals surface area (Å²) < 4.78 is 9.71. The molecule has 136 valence electrons. The van der Waals surface area contributed by atoms with Crippen LogP contribution in [0.15, 0.2) is 24.3 Å². The zero-order valence-electron chi connectivity index (χ0n) is 14.7. The van der Waals surface area contributed by atoms with Crippen molar-refractivity contribution in [1.29, 1.82) is 0 Å². The molecular formula is C18H24N2O5. The molecule has 0 aromatic heterocycles. The van der Waals surface area contributed by atoms with Gasteiger partial charge in [0, 0.05) is 32.6 Å². The molecule has 7 nitrogen and oxygen atoms in total. The highest BCUT2D eigenvalue weighted by Gasteiger charge is 2.24. The summed E-state index contributed by atoms with van der Waals surface area (Å²) in [5.74, 6) is 0.298. The number of amides is 2. The Kier molecular flexibility index (Phi) is 6.80. The standard InChI is InChI=1S/C18H24N2O5/c1-24-15-5-3-4-14(12-15)13-17(22)20-10-8-19(9-11-20)16(21)6-7-18(23)25-2/h3-5,12H,6-11,13H2,1-2H3. The number of benzene rings is 1. The molecule has 0 bridgehead atoms. The Morgan fingerprint density at radius 3 is 2.20 bits per heavy atom. The molecule has 1 aliphatic rings. The molecule has 0 N–H and O–H groups in total. The van der Waals surface area contributed by atoms with Gasteiger partial charge in [0.2, 0.25) is 11.8 Å². The first-order chi connectivity index (χ1) is 12.0. The van der Waals surface area contributed by atoms with E-state index in [2.05, 4.69) is 4.74 Å². The number of ether oxygens (including phenoxy) is 2. The third-order valence-corrected chi connectivity index (χ3v) is 4.25. The van der Waals surface area contributed by atoms with Gasteiger partial charge in [-0.2, -0.15) is 0 Å². The molecule has 0 aliphatic carbocycles. The van der Waals surface area contributed by atoms with Crippen LogP contribution in [0.1, 0.15) is 18.4 Å². The molecule has 1 saturated heterocycles. The summed E-state index contributed by atoms with van der Waals surface area (Å²) in [4.78, 5) is 39.0. The topological polar surface area (TPSA) is 76.2 Å². The highest BCUT2D eigenvalue weighted by Crippen LogP contribution is 2.14. The molecule has 1 aromatic carbocycles. The van der Waals surface area contributed by atoms with Gasteiger partial charge < -0.3 is 19.3 Å². The van der Waals surface area contributed by atoms with Crippen LogP contribution >= 0.6 is 0 Å². The van der Waals surface area contributed by atoms with Crippen molar-refractivity contribution in [2.24, 2.45) is 0 Å². The van der Waals surface area contributed by atoms with Crippen molar-refractivity contribution in [2.75, 3.05) is 40.4 Å². The lowest BCUT2D eigenvalue weighted by molar-refractivity contribution is -0.144. The Morgan fingerprint density at radius 2 is 1.60 bits per heavy atom. The minimum atomic E-state index is -0.388. The van der Waals surface area contributed by atoms with Gasteiger partial charge in [-0.3, -0.25) is 14.4 Å². The highest BCUT2D eigenvalue weighted by molar-refractivity contribution is 5.82. The maximum atomic E-state index is 12.4. The molecule has 2 amide bonds. The number of carbonyl (C=O) groups excluding carboxylic acids is 3. The number of methoxy groups -OCH3 is 2. The molecule has 25 heavy (non-hydrogen) atoms. The zero-order valence-corrected chi connectivity index (χ0v) is 14.7. The van der Waals surface area contributed by atoms with Gasteiger partial charge in [-0.25, -0.2) is 0 Å². The van der Waals surface area contributed by atoms with E-state index in [0.29, 0.717) is 32.6 Å². The van der Waals surface area contributed by atoms with E-state index in [1.807, 2.05) is 24.3 Å². The fourth-order valence-electron chi connectivity index (χ4n) is 2.74. The van der Waals surface area contributed by atoms with E-state index in [1.54, 1.807) is 16.9 Å². The van der Waals surface area contributed by atoms with Crippen molar-refractivity contribution in [2.45, 2.75) is 19.3 Å². The molecule has 1 aliphatic heterocycles. The van der Waals surface area contributed by atoms with Crippen molar-refractivity contribution < 1.29 is 23.9 Å². The summed E-state index contributed by atoms with van der Waals surface area (Å²) in [6.07, 6.45) is 0.544. The van der Waals surface area contributed by atoms with Crippen LogP contribution in [0.4, 0.5) is 0 Å². The predicted octanol–water partition coefficient (Wildman–Crippen LogP) is 0.862. The minimum Gasteiger partial charge on any atom is -0.497 e. The second-order valence-electron chi connectivity index (χ2n) is 5.87. The van der Waals surface area contributed by atoms with Gasteiger partial charge in [0.05, 0.1) is 27.1 Å². The minimum absolute atomic E-state index is 0.0370. The van der Waals surface area contributed by atoms with Crippen LogP contribution < -0.4 is 4.74 Å². The van der Waals surface area contributed by atoms with Gasteiger partial charge in [0.1, 0.15) is 5.75 Å². The zero-order chi connectivity index (χ0) is 18.2. The van der Waals surface area contributed by atoms with Gasteiger partial charge in [0.15, 0.2) is 0 Å². The third kappa shape index (κ3) is 5.48. The number of hydrogen-bond acceptors (Lipinski definition) is 5. The van der Waals surface area contributed by atoms with Gasteiger partial charge in [-0.1, -0.05) is 12.1 Å². The summed E-state index contributed by atoms with van der Waals surface area (Å²) in [7, 11) is 2.90. The summed E-state index contributed by atoms with van der Waals surface area (Å²) in [5, 5.41) is 0. The molecule has 0 atom stereocenters. The summed E-state index contributed by atoms with van der Waals surface area (Å²) in [5.41, 5.74) is 0.904. The summed E-state index contributed by atoms with van der Waals surface area (Å²) >= 11 is 0. The van der Waals surface area contributed by atoms with E-state index in [-0.39, 0.29) is 30.6 Å². The van der Waals surface area contributed by atoms with Crippen LogP contribution in [0.25, 0.3) is 0 Å². The van der Waals surface area contributed by atoms with Crippen molar-refractivity contribution in [3.8, 4) is 5.75 Å². The first-order valence-electron chi connectivity index (χ1n) is 8.28. The highest BCUT2D eigenvalue weighted by atomic mass is 16.5. The van der Waals surface area contributed by atoms with E-state index in [9.17, 15) is 14.4 Å². The lowest BCUT2D eigenvalue weighted by Gasteiger charge is -2.35. The second kappa shape index (κ2) is 9.05. The van der Waals surface area contributed by atoms with Crippen LogP contribution in [0, 0.1) is 0 Å². The fourth-order valence-corrected chi connectivity index (χ4v) is 2.74. The van der Waals surface area contributed by atoms with Crippen molar-refractivity contribution in [3.63, 3.8) is 0 Å². The largest absolute Gasteiger partial charge is 0.497 e. The SMILES string of the molecule is COC(=O)CCC(=O)N1CCN(C(=O)Cc2cccc(OC)c2)CC1. The molecule has 1 fully saturated rings. The normalized spacial score (nSPS) is 14.2. The molecule has 0 unspecified atom stereocenters. The van der Waals surface area contributed by atoms with Gasteiger partial charge in [-0.15, -0.1) is 0 Å². The number of piperazine rings is 1. The first-order valence-corrected chi connectivity index (χ1v) is 8.28. The Labute approximate surface area is 147 Å². The average molecular weight is 348 g/mol. The molecular weight excluding hydrogens is 324 g/mol. The summed E-state index contributed by atoms with van der Waals surface area (Å²) in [6.45, 7) is 1.99. The van der Waals surface area contributed by atoms with Crippen molar-refractivity contribution in [1.82, 2.24) is 9.80 Å². The number of rotatable bonds is 6. The van der Waals surface area contributed by atoms with Crippen molar-refractivity contribution in [3.05, 3.63) is 29.8 Å². The Morgan fingerprint density at radius 1 is 0.960 bits per heavy atom. The fraction of sp³-hybridized carbons (Fsp3) is 0.500. The molecule has 1 aromatic rings. The molecule has 0 saturated carbocycles. The lowest BCUT2D eigenvalue weighted by atomic mass is 10.1. The lowest BCUT2D eigenvalue weighted by Crippen LogP contribution is -2.51. The third-order valence-electron chi connectivity index (χ3n) is 4.25. The second-order valence-corrected chi connectivity index (χ2v) is 5.87. The molecule has 0 spiro atoms. The van der Waals surface area contributed by atoms with E-state index in [0.717, 1.165) is 11.3 Å². The Balaban J connectivity index is 1.79. The Bertz CT molecular complexity index is 624. The molecule has 0 radical (unpaired) electrons. The number of carbonyl (C=O) groups is 3. The monoisotopic (exact) mass is 348 g/mol. The van der Waals surface area contributed by atoms with Crippen LogP contribution in [-0.2, 0) is 25.5 Å². The molecule has 1 heterocycles. The van der Waals surface area contributed by atoms with Crippen LogP contribution in [-0.4, -0.2) is 68.0 Å². The number of esters is 1. The molecule has 2 rings (SSSR count). The quantitative estimate of drug-likeness (QED) is 0.713. The summed E-state index contributed by atoms with van der Waals surface area (Å²) in [6, 6.07) is 7.45. The smallest absolute Gasteiger partial charge is 0.306 e. The van der Waals surface area contributed by atoms with Gasteiger partial charge in [-0.05, 0) is 17.7 Å². The first kappa shape index (κ1) is 18.8. The van der Waals surface area contributed by atoms with E-state index < -0.39 is 0 Å². The van der Waals surface area contributed by atoms with Crippen molar-refractivity contribution >= 4 is 17.8 Å². The van der Waals surface area contributed by atoms with Crippen LogP contribution in [0.3, 0.4) is 0 Å². The maximum Gasteiger partial charge on any atom is 0.306 e. The number of nitrogens with zero attached hydrogens (tertiary/aromatic N) is 2. The predicted molar refractivity (Wildman–Crippen MR) is 91.1 cm³/mol. The van der Waals surface area contributed by atoms with Gasteiger partial charge >= 0.3 is 5.97 Å². The Hall–Kier alpha value is -2.57. The maximum absolute atomic E-state index is 12.4. The van der Waals surface area contributed by atoms with Crippen LogP contribution in [0.5, 0.6) is 5.75 Å². The number of hydrogen-bond donors (Lipinski definition) is 0. The van der Waals surface area contributed by atoms with E-state index >= 15 is 0 Å². The van der Waals surface area contributed by atoms with E-state index in [1.165, 1.54) is 7.11 Å².